The SMILES string of the molecule is Cc1c(Cl)ccc2c1NC(=O)[C@]21N[C@@H](CCC(N)=O)[C@H]2C(=O)N(c3ccc(F)c(Cl)c3)C(=O)[C@H]21. The van der Waals surface area contributed by atoms with E-state index in [0.717, 1.165) is 11.0 Å². The maximum Gasteiger partial charge on any atom is 0.250 e. The van der Waals surface area contributed by atoms with Crippen LogP contribution in [0.3, 0.4) is 0 Å². The van der Waals surface area contributed by atoms with E-state index in [1.54, 1.807) is 19.1 Å². The van der Waals surface area contributed by atoms with Gasteiger partial charge in [0.2, 0.25) is 23.6 Å². The van der Waals surface area contributed by atoms with Gasteiger partial charge in [-0.3, -0.25) is 24.5 Å². The van der Waals surface area contributed by atoms with E-state index in [1.165, 1.54) is 12.1 Å². The summed E-state index contributed by atoms with van der Waals surface area (Å²) in [6.07, 6.45) is 0.0966. The van der Waals surface area contributed by atoms with Crippen molar-refractivity contribution in [2.75, 3.05) is 10.2 Å². The lowest BCUT2D eigenvalue weighted by molar-refractivity contribution is -0.130. The van der Waals surface area contributed by atoms with E-state index in [4.69, 9.17) is 28.9 Å². The Morgan fingerprint density at radius 1 is 1.15 bits per heavy atom. The van der Waals surface area contributed by atoms with Gasteiger partial charge in [-0.05, 0) is 43.2 Å². The van der Waals surface area contributed by atoms with Crippen LogP contribution < -0.4 is 21.3 Å². The highest BCUT2D eigenvalue weighted by molar-refractivity contribution is 6.33. The molecule has 3 aliphatic heterocycles. The highest BCUT2D eigenvalue weighted by Crippen LogP contribution is 2.55. The van der Waals surface area contributed by atoms with E-state index < -0.39 is 52.9 Å². The predicted octanol–water partition coefficient (Wildman–Crippen LogP) is 2.63. The second-order valence-corrected chi connectivity index (χ2v) is 9.54. The molecule has 0 aliphatic carbocycles. The minimum Gasteiger partial charge on any atom is -0.370 e. The van der Waals surface area contributed by atoms with Crippen molar-refractivity contribution in [2.45, 2.75) is 31.3 Å². The van der Waals surface area contributed by atoms with Crippen LogP contribution in [0, 0.1) is 24.6 Å². The smallest absolute Gasteiger partial charge is 0.250 e. The van der Waals surface area contributed by atoms with E-state index in [0.29, 0.717) is 21.8 Å². The van der Waals surface area contributed by atoms with Gasteiger partial charge in [0, 0.05) is 23.0 Å². The van der Waals surface area contributed by atoms with Crippen LogP contribution in [0.15, 0.2) is 30.3 Å². The summed E-state index contributed by atoms with van der Waals surface area (Å²) in [6.45, 7) is 1.74. The average Bonchev–Trinajstić information content (AvgIpc) is 3.36. The number of rotatable bonds is 4. The van der Waals surface area contributed by atoms with Gasteiger partial charge >= 0.3 is 0 Å². The number of primary amides is 1. The van der Waals surface area contributed by atoms with Crippen molar-refractivity contribution < 1.29 is 23.6 Å². The van der Waals surface area contributed by atoms with Crippen molar-refractivity contribution in [3.8, 4) is 0 Å². The molecule has 0 unspecified atom stereocenters. The third-order valence-corrected chi connectivity index (χ3v) is 7.65. The summed E-state index contributed by atoms with van der Waals surface area (Å²) in [5.74, 6) is -5.02. The van der Waals surface area contributed by atoms with Gasteiger partial charge in [-0.15, -0.1) is 0 Å². The maximum absolute atomic E-state index is 13.8. The molecule has 4 amide bonds. The van der Waals surface area contributed by atoms with Crippen molar-refractivity contribution in [1.82, 2.24) is 5.32 Å². The number of carbonyl (C=O) groups excluding carboxylic acids is 4. The van der Waals surface area contributed by atoms with E-state index >= 15 is 0 Å². The first-order valence-electron chi connectivity index (χ1n) is 10.6. The number of imide groups is 1. The Morgan fingerprint density at radius 3 is 2.56 bits per heavy atom. The number of hydrogen-bond acceptors (Lipinski definition) is 5. The number of hydrogen-bond donors (Lipinski definition) is 3. The molecule has 4 atom stereocenters. The molecule has 3 heterocycles. The molecule has 2 aromatic carbocycles. The molecule has 34 heavy (non-hydrogen) atoms. The fraction of sp³-hybridized carbons (Fsp3) is 0.304. The molecule has 2 aromatic rings. The van der Waals surface area contributed by atoms with Crippen LogP contribution in [0.5, 0.6) is 0 Å². The summed E-state index contributed by atoms with van der Waals surface area (Å²) in [5.41, 5.74) is 5.48. The van der Waals surface area contributed by atoms with Gasteiger partial charge in [0.05, 0.1) is 28.2 Å². The molecular formula is C23H19Cl2FN4O4. The monoisotopic (exact) mass is 504 g/mol. The van der Waals surface area contributed by atoms with E-state index in [-0.39, 0.29) is 23.6 Å². The van der Waals surface area contributed by atoms with E-state index in [1.807, 2.05) is 0 Å². The van der Waals surface area contributed by atoms with Crippen LogP contribution in [0.4, 0.5) is 15.8 Å². The molecule has 3 aliphatic rings. The molecule has 5 rings (SSSR count). The second-order valence-electron chi connectivity index (χ2n) is 8.73. The largest absolute Gasteiger partial charge is 0.370 e. The van der Waals surface area contributed by atoms with Crippen LogP contribution in [0.1, 0.15) is 24.0 Å². The van der Waals surface area contributed by atoms with Gasteiger partial charge in [-0.1, -0.05) is 29.3 Å². The standard InChI is InChI=1S/C23H19Cl2FN4O4/c1-9-12(24)4-3-11-19(9)28-22(34)23(11)18-17(15(29-23)6-7-16(27)31)20(32)30(21(18)33)10-2-5-14(26)13(25)8-10/h2-5,8,15,17-18,29H,6-7H2,1H3,(H2,27,31)(H,28,34)/t15-,17+,18-,23-/m0/s1. The highest BCUT2D eigenvalue weighted by atomic mass is 35.5. The number of benzene rings is 2. The second kappa shape index (κ2) is 7.76. The van der Waals surface area contributed by atoms with Gasteiger partial charge in [-0.25, -0.2) is 9.29 Å². The van der Waals surface area contributed by atoms with Crippen LogP contribution in [-0.2, 0) is 24.7 Å². The van der Waals surface area contributed by atoms with Crippen molar-refractivity contribution in [2.24, 2.45) is 17.6 Å². The third kappa shape index (κ3) is 3.00. The number of amides is 4. The number of fused-ring (bicyclic) bond motifs is 4. The summed E-state index contributed by atoms with van der Waals surface area (Å²) < 4.78 is 13.7. The Balaban J connectivity index is 1.67. The Labute approximate surface area is 203 Å². The molecule has 0 saturated carbocycles. The number of nitrogens with two attached hydrogens (primary N) is 1. The maximum atomic E-state index is 13.8. The molecule has 0 radical (unpaired) electrons. The van der Waals surface area contributed by atoms with Gasteiger partial charge < -0.3 is 11.1 Å². The Bertz CT molecular complexity index is 1300. The molecule has 1 spiro atoms. The lowest BCUT2D eigenvalue weighted by Gasteiger charge is -2.29. The molecular weight excluding hydrogens is 486 g/mol. The number of anilines is 2. The molecule has 0 bridgehead atoms. The molecule has 8 nitrogen and oxygen atoms in total. The van der Waals surface area contributed by atoms with Crippen LogP contribution in [-0.4, -0.2) is 29.7 Å². The molecule has 11 heteroatoms. The van der Waals surface area contributed by atoms with Crippen LogP contribution in [0.2, 0.25) is 10.0 Å². The molecule has 2 fully saturated rings. The Morgan fingerprint density at radius 2 is 1.88 bits per heavy atom. The average molecular weight is 505 g/mol. The summed E-state index contributed by atoms with van der Waals surface area (Å²) in [6, 6.07) is 6.13. The zero-order chi connectivity index (χ0) is 24.5. The van der Waals surface area contributed by atoms with Gasteiger partial charge in [0.25, 0.3) is 0 Å². The van der Waals surface area contributed by atoms with Gasteiger partial charge in [-0.2, -0.15) is 0 Å². The van der Waals surface area contributed by atoms with Crippen molar-refractivity contribution in [3.63, 3.8) is 0 Å². The first kappa shape index (κ1) is 22.8. The van der Waals surface area contributed by atoms with Gasteiger partial charge in [0.1, 0.15) is 11.4 Å². The van der Waals surface area contributed by atoms with Crippen LogP contribution in [0.25, 0.3) is 0 Å². The Hall–Kier alpha value is -3.01. The minimum atomic E-state index is -1.55. The van der Waals surface area contributed by atoms with Crippen molar-refractivity contribution in [1.29, 1.82) is 0 Å². The zero-order valence-electron chi connectivity index (χ0n) is 17.8. The van der Waals surface area contributed by atoms with Crippen molar-refractivity contribution >= 4 is 58.2 Å². The number of nitrogens with one attached hydrogen (secondary N) is 2. The molecule has 4 N–H and O–H groups in total. The van der Waals surface area contributed by atoms with E-state index in [9.17, 15) is 23.6 Å². The summed E-state index contributed by atoms with van der Waals surface area (Å²) in [4.78, 5) is 53.3. The predicted molar refractivity (Wildman–Crippen MR) is 123 cm³/mol. The third-order valence-electron chi connectivity index (χ3n) is 6.95. The first-order chi connectivity index (χ1) is 16.1. The highest BCUT2D eigenvalue weighted by Gasteiger charge is 2.70. The molecule has 176 valence electrons. The summed E-state index contributed by atoms with van der Waals surface area (Å²) in [7, 11) is 0. The Kier molecular flexibility index (Phi) is 5.20. The molecule has 2 saturated heterocycles. The topological polar surface area (TPSA) is 122 Å². The van der Waals surface area contributed by atoms with Gasteiger partial charge in [0.15, 0.2) is 0 Å². The quantitative estimate of drug-likeness (QED) is 0.552. The zero-order valence-corrected chi connectivity index (χ0v) is 19.3. The van der Waals surface area contributed by atoms with Crippen molar-refractivity contribution in [3.05, 3.63) is 57.3 Å². The fourth-order valence-electron chi connectivity index (χ4n) is 5.41. The summed E-state index contributed by atoms with van der Waals surface area (Å²) in [5, 5.41) is 6.22. The fourth-order valence-corrected chi connectivity index (χ4v) is 5.75. The minimum absolute atomic E-state index is 0.0467. The number of halogens is 3. The molecule has 0 aromatic heterocycles. The normalized spacial score (nSPS) is 27.4. The van der Waals surface area contributed by atoms with Crippen LogP contribution >= 0.6 is 23.2 Å². The summed E-state index contributed by atoms with van der Waals surface area (Å²) >= 11 is 12.1. The lowest BCUT2D eigenvalue weighted by atomic mass is 9.76. The number of carbonyl (C=O) groups is 4. The lowest BCUT2D eigenvalue weighted by Crippen LogP contribution is -2.53. The van der Waals surface area contributed by atoms with E-state index in [2.05, 4.69) is 10.6 Å². The first-order valence-corrected chi connectivity index (χ1v) is 11.3. The number of nitrogens with zero attached hydrogens (tertiary/aromatic N) is 1.